The average Bonchev–Trinajstić information content (AvgIpc) is 2.52. The lowest BCUT2D eigenvalue weighted by Gasteiger charge is -2.29. The van der Waals surface area contributed by atoms with Crippen molar-refractivity contribution in [3.8, 4) is 11.5 Å². The predicted molar refractivity (Wildman–Crippen MR) is 85.9 cm³/mol. The van der Waals surface area contributed by atoms with Gasteiger partial charge in [0, 0.05) is 19.3 Å². The van der Waals surface area contributed by atoms with Gasteiger partial charge >= 0.3 is 0 Å². The number of anilines is 1. The Labute approximate surface area is 125 Å². The van der Waals surface area contributed by atoms with Gasteiger partial charge in [0.05, 0.1) is 12.6 Å². The molecule has 2 aromatic carbocycles. The van der Waals surface area contributed by atoms with Crippen molar-refractivity contribution < 1.29 is 9.84 Å². The van der Waals surface area contributed by atoms with Gasteiger partial charge < -0.3 is 20.5 Å². The maximum Gasteiger partial charge on any atom is 0.161 e. The number of hydrogen-bond acceptors (Lipinski definition) is 4. The highest BCUT2D eigenvalue weighted by Gasteiger charge is 2.17. The van der Waals surface area contributed by atoms with Crippen molar-refractivity contribution in [1.29, 1.82) is 0 Å². The zero-order valence-electron chi connectivity index (χ0n) is 12.5. The van der Waals surface area contributed by atoms with Gasteiger partial charge in [-0.2, -0.15) is 0 Å². The Hall–Kier alpha value is -2.20. The molecule has 2 aromatic rings. The number of benzene rings is 2. The summed E-state index contributed by atoms with van der Waals surface area (Å²) < 4.78 is 5.45. The van der Waals surface area contributed by atoms with E-state index in [0.717, 1.165) is 11.3 Å². The lowest BCUT2D eigenvalue weighted by Crippen LogP contribution is -2.30. The summed E-state index contributed by atoms with van der Waals surface area (Å²) >= 11 is 0. The highest BCUT2D eigenvalue weighted by atomic mass is 16.5. The molecule has 0 spiro atoms. The van der Waals surface area contributed by atoms with Crippen LogP contribution < -0.4 is 15.4 Å². The van der Waals surface area contributed by atoms with E-state index in [9.17, 15) is 5.11 Å². The van der Waals surface area contributed by atoms with Gasteiger partial charge in [-0.1, -0.05) is 24.3 Å². The van der Waals surface area contributed by atoms with Crippen LogP contribution in [0.25, 0.3) is 0 Å². The maximum atomic E-state index is 9.81. The van der Waals surface area contributed by atoms with E-state index in [1.54, 1.807) is 6.07 Å². The van der Waals surface area contributed by atoms with Crippen molar-refractivity contribution in [2.45, 2.75) is 13.0 Å². The number of nitrogens with two attached hydrogens (primary N) is 1. The summed E-state index contributed by atoms with van der Waals surface area (Å²) in [7, 11) is 2.01. The van der Waals surface area contributed by atoms with Crippen LogP contribution in [0.4, 0.5) is 5.69 Å². The van der Waals surface area contributed by atoms with Gasteiger partial charge in [0.15, 0.2) is 11.5 Å². The Kier molecular flexibility index (Phi) is 5.06. The summed E-state index contributed by atoms with van der Waals surface area (Å²) in [6.45, 7) is 2.88. The van der Waals surface area contributed by atoms with Crippen LogP contribution in [0.2, 0.25) is 0 Å². The molecule has 4 nitrogen and oxygen atoms in total. The highest BCUT2D eigenvalue weighted by molar-refractivity contribution is 5.50. The molecule has 4 heteroatoms. The molecule has 0 amide bonds. The van der Waals surface area contributed by atoms with Crippen molar-refractivity contribution in [2.75, 3.05) is 25.1 Å². The van der Waals surface area contributed by atoms with Gasteiger partial charge in [-0.15, -0.1) is 0 Å². The molecule has 0 saturated carbocycles. The smallest absolute Gasteiger partial charge is 0.161 e. The fraction of sp³-hybridized carbons (Fsp3) is 0.294. The van der Waals surface area contributed by atoms with Crippen LogP contribution >= 0.6 is 0 Å². The molecule has 0 radical (unpaired) electrons. The fourth-order valence-electron chi connectivity index (χ4n) is 2.37. The number of likely N-dealkylation sites (N-methyl/N-ethyl adjacent to an activating group) is 1. The van der Waals surface area contributed by atoms with Gasteiger partial charge in [-0.05, 0) is 36.8 Å². The second kappa shape index (κ2) is 6.99. The molecule has 0 aliphatic carbocycles. The third-order valence-electron chi connectivity index (χ3n) is 3.52. The summed E-state index contributed by atoms with van der Waals surface area (Å²) in [4.78, 5) is 2.13. The first-order chi connectivity index (χ1) is 10.2. The monoisotopic (exact) mass is 286 g/mol. The molecule has 112 valence electrons. The van der Waals surface area contributed by atoms with Crippen LogP contribution in [0.1, 0.15) is 18.5 Å². The second-order valence-electron chi connectivity index (χ2n) is 4.86. The van der Waals surface area contributed by atoms with Gasteiger partial charge in [-0.25, -0.2) is 0 Å². The topological polar surface area (TPSA) is 58.7 Å². The van der Waals surface area contributed by atoms with Crippen LogP contribution in [0.15, 0.2) is 48.5 Å². The number of ether oxygens (including phenoxy) is 1. The van der Waals surface area contributed by atoms with Gasteiger partial charge in [0.25, 0.3) is 0 Å². The molecule has 0 aliphatic rings. The molecular weight excluding hydrogens is 264 g/mol. The van der Waals surface area contributed by atoms with E-state index in [-0.39, 0.29) is 11.8 Å². The van der Waals surface area contributed by atoms with Crippen LogP contribution in [-0.4, -0.2) is 25.3 Å². The molecule has 0 aromatic heterocycles. The average molecular weight is 286 g/mol. The van der Waals surface area contributed by atoms with Gasteiger partial charge in [-0.3, -0.25) is 0 Å². The fourth-order valence-corrected chi connectivity index (χ4v) is 2.37. The predicted octanol–water partition coefficient (Wildman–Crippen LogP) is 2.93. The van der Waals surface area contributed by atoms with Crippen LogP contribution in [0.5, 0.6) is 11.5 Å². The van der Waals surface area contributed by atoms with E-state index in [2.05, 4.69) is 4.90 Å². The van der Waals surface area contributed by atoms with Gasteiger partial charge in [0.2, 0.25) is 0 Å². The Morgan fingerprint density at radius 1 is 1.19 bits per heavy atom. The van der Waals surface area contributed by atoms with Crippen LogP contribution in [0, 0.1) is 0 Å². The quantitative estimate of drug-likeness (QED) is 0.857. The third-order valence-corrected chi connectivity index (χ3v) is 3.52. The molecule has 21 heavy (non-hydrogen) atoms. The lowest BCUT2D eigenvalue weighted by molar-refractivity contribution is 0.317. The highest BCUT2D eigenvalue weighted by Crippen LogP contribution is 2.32. The van der Waals surface area contributed by atoms with E-state index in [1.807, 2.05) is 56.4 Å². The second-order valence-corrected chi connectivity index (χ2v) is 4.86. The Bertz CT molecular complexity index is 572. The Balaban J connectivity index is 2.31. The molecular formula is C17H22N2O2. The minimum atomic E-state index is 0.0206. The van der Waals surface area contributed by atoms with Crippen LogP contribution in [0.3, 0.4) is 0 Å². The van der Waals surface area contributed by atoms with Crippen LogP contribution in [-0.2, 0) is 0 Å². The first kappa shape index (κ1) is 15.2. The summed E-state index contributed by atoms with van der Waals surface area (Å²) in [5.74, 6) is 0.647. The maximum absolute atomic E-state index is 9.81. The molecule has 0 bridgehead atoms. The van der Waals surface area contributed by atoms with E-state index >= 15 is 0 Å². The van der Waals surface area contributed by atoms with E-state index in [0.29, 0.717) is 18.9 Å². The Morgan fingerprint density at radius 2 is 1.90 bits per heavy atom. The number of rotatable bonds is 6. The lowest BCUT2D eigenvalue weighted by atomic mass is 10.0. The molecule has 0 saturated heterocycles. The third kappa shape index (κ3) is 3.47. The van der Waals surface area contributed by atoms with Crippen molar-refractivity contribution in [3.63, 3.8) is 0 Å². The van der Waals surface area contributed by atoms with E-state index < -0.39 is 0 Å². The summed E-state index contributed by atoms with van der Waals surface area (Å²) in [5.41, 5.74) is 8.08. The SMILES string of the molecule is CCOc1cc(C(CN)N(C)c2ccccc2)ccc1O. The number of para-hydroxylation sites is 1. The molecule has 1 unspecified atom stereocenters. The zero-order valence-corrected chi connectivity index (χ0v) is 12.5. The number of nitrogens with zero attached hydrogens (tertiary/aromatic N) is 1. The van der Waals surface area contributed by atoms with Gasteiger partial charge in [0.1, 0.15) is 0 Å². The van der Waals surface area contributed by atoms with Crippen molar-refractivity contribution >= 4 is 5.69 Å². The van der Waals surface area contributed by atoms with Crippen molar-refractivity contribution in [1.82, 2.24) is 0 Å². The van der Waals surface area contributed by atoms with E-state index in [4.69, 9.17) is 10.5 Å². The largest absolute Gasteiger partial charge is 0.504 e. The molecule has 3 N–H and O–H groups in total. The molecule has 0 heterocycles. The summed E-state index contributed by atoms with van der Waals surface area (Å²) in [6, 6.07) is 15.5. The number of phenols is 1. The number of aromatic hydroxyl groups is 1. The van der Waals surface area contributed by atoms with E-state index in [1.165, 1.54) is 0 Å². The minimum Gasteiger partial charge on any atom is -0.504 e. The molecule has 2 rings (SSSR count). The first-order valence-corrected chi connectivity index (χ1v) is 7.11. The molecule has 0 aliphatic heterocycles. The number of hydrogen-bond donors (Lipinski definition) is 2. The van der Waals surface area contributed by atoms with Crippen molar-refractivity contribution in [3.05, 3.63) is 54.1 Å². The standard InChI is InChI=1S/C17H22N2O2/c1-3-21-17-11-13(9-10-16(17)20)15(12-18)19(2)14-7-5-4-6-8-14/h4-11,15,20H,3,12,18H2,1-2H3. The number of phenolic OH excluding ortho intramolecular Hbond substituents is 1. The molecule has 0 fully saturated rings. The Morgan fingerprint density at radius 3 is 2.52 bits per heavy atom. The normalized spacial score (nSPS) is 12.0. The minimum absolute atomic E-state index is 0.0206. The summed E-state index contributed by atoms with van der Waals surface area (Å²) in [5, 5.41) is 9.81. The first-order valence-electron chi connectivity index (χ1n) is 7.11. The molecule has 1 atom stereocenters. The zero-order chi connectivity index (χ0) is 15.2. The van der Waals surface area contributed by atoms with Crippen molar-refractivity contribution in [2.24, 2.45) is 5.73 Å². The summed E-state index contributed by atoms with van der Waals surface area (Å²) in [6.07, 6.45) is 0.